The van der Waals surface area contributed by atoms with Gasteiger partial charge in [0.2, 0.25) is 0 Å². The van der Waals surface area contributed by atoms with Gasteiger partial charge in [-0.25, -0.2) is 0 Å². The maximum atomic E-state index is 5.88. The molecule has 0 amide bonds. The van der Waals surface area contributed by atoms with Crippen LogP contribution in [0.25, 0.3) is 0 Å². The molecule has 15 heavy (non-hydrogen) atoms. The highest BCUT2D eigenvalue weighted by Gasteiger charge is 2.34. The fourth-order valence-electron chi connectivity index (χ4n) is 1.41. The van der Waals surface area contributed by atoms with Gasteiger partial charge in [0, 0.05) is 24.3 Å². The van der Waals surface area contributed by atoms with Crippen molar-refractivity contribution in [1.29, 1.82) is 0 Å². The number of hydrogen-bond acceptors (Lipinski definition) is 2. The normalized spacial score (nSPS) is 18.6. The predicted molar refractivity (Wildman–Crippen MR) is 68.6 cm³/mol. The number of rotatable bonds is 3. The molecule has 0 aliphatic carbocycles. The molecule has 0 saturated carbocycles. The molecule has 2 heteroatoms. The minimum absolute atomic E-state index is 0.0165. The van der Waals surface area contributed by atoms with Gasteiger partial charge in [-0.15, -0.1) is 0 Å². The van der Waals surface area contributed by atoms with Crippen molar-refractivity contribution in [2.75, 3.05) is 13.1 Å². The van der Waals surface area contributed by atoms with E-state index in [0.29, 0.717) is 0 Å². The highest BCUT2D eigenvalue weighted by atomic mass is 15.2. The van der Waals surface area contributed by atoms with Crippen molar-refractivity contribution in [3.63, 3.8) is 0 Å². The number of hydrogen-bond donors (Lipinski definition) is 1. The van der Waals surface area contributed by atoms with Gasteiger partial charge in [-0.2, -0.15) is 0 Å². The van der Waals surface area contributed by atoms with Crippen LogP contribution < -0.4 is 5.73 Å². The Morgan fingerprint density at radius 3 is 2.27 bits per heavy atom. The molecule has 2 N–H and O–H groups in total. The van der Waals surface area contributed by atoms with Gasteiger partial charge in [0.15, 0.2) is 0 Å². The minimum atomic E-state index is -0.0165. The van der Waals surface area contributed by atoms with E-state index in [1.165, 1.54) is 0 Å². The largest absolute Gasteiger partial charge is 0.368 e. The molecule has 1 saturated heterocycles. The molecule has 1 aliphatic rings. The molecule has 0 aromatic heterocycles. The maximum absolute atomic E-state index is 5.88. The average molecular weight is 208 g/mol. The number of allylic oxidation sites excluding steroid dienone is 4. The van der Waals surface area contributed by atoms with Crippen LogP contribution in [0.3, 0.4) is 0 Å². The topological polar surface area (TPSA) is 29.3 Å². The summed E-state index contributed by atoms with van der Waals surface area (Å²) in [6.45, 7) is 13.8. The van der Waals surface area contributed by atoms with E-state index >= 15 is 0 Å². The SMILES string of the molecule is C=C(/C=C\C=C/C)N1CC(C)(N)C1.CC. The van der Waals surface area contributed by atoms with Crippen molar-refractivity contribution in [1.82, 2.24) is 4.90 Å². The summed E-state index contributed by atoms with van der Waals surface area (Å²) in [4.78, 5) is 2.18. The number of likely N-dealkylation sites (tertiary alicyclic amines) is 1. The molecular weight excluding hydrogens is 184 g/mol. The first kappa shape index (κ1) is 14.0. The van der Waals surface area contributed by atoms with Crippen molar-refractivity contribution in [3.05, 3.63) is 36.6 Å². The lowest BCUT2D eigenvalue weighted by Gasteiger charge is -2.47. The Kier molecular flexibility index (Phi) is 6.02. The van der Waals surface area contributed by atoms with Crippen molar-refractivity contribution in [2.45, 2.75) is 33.2 Å². The third-order valence-electron chi connectivity index (χ3n) is 2.10. The van der Waals surface area contributed by atoms with Crippen molar-refractivity contribution in [3.8, 4) is 0 Å². The van der Waals surface area contributed by atoms with E-state index in [2.05, 4.69) is 18.4 Å². The van der Waals surface area contributed by atoms with Gasteiger partial charge in [-0.3, -0.25) is 0 Å². The number of nitrogens with zero attached hydrogens (tertiary/aromatic N) is 1. The summed E-state index contributed by atoms with van der Waals surface area (Å²) in [5.74, 6) is 0. The second-order valence-corrected chi connectivity index (χ2v) is 3.89. The summed E-state index contributed by atoms with van der Waals surface area (Å²) in [6.07, 6.45) is 7.99. The quantitative estimate of drug-likeness (QED) is 0.723. The summed E-state index contributed by atoms with van der Waals surface area (Å²) in [7, 11) is 0. The van der Waals surface area contributed by atoms with Gasteiger partial charge in [-0.1, -0.05) is 38.7 Å². The van der Waals surface area contributed by atoms with Gasteiger partial charge < -0.3 is 10.6 Å². The Bertz CT molecular complexity index is 241. The molecule has 0 atom stereocenters. The second-order valence-electron chi connectivity index (χ2n) is 3.89. The molecule has 0 spiro atoms. The summed E-state index contributed by atoms with van der Waals surface area (Å²) in [6, 6.07) is 0. The Morgan fingerprint density at radius 1 is 1.33 bits per heavy atom. The number of nitrogens with two attached hydrogens (primary N) is 1. The van der Waals surface area contributed by atoms with E-state index in [4.69, 9.17) is 5.73 Å². The molecular formula is C13H24N2. The molecule has 0 radical (unpaired) electrons. The van der Waals surface area contributed by atoms with Crippen LogP contribution in [0.2, 0.25) is 0 Å². The third kappa shape index (κ3) is 4.84. The molecule has 0 bridgehead atoms. The van der Waals surface area contributed by atoms with Crippen LogP contribution in [0.4, 0.5) is 0 Å². The first-order valence-corrected chi connectivity index (χ1v) is 5.57. The van der Waals surface area contributed by atoms with Crippen molar-refractivity contribution in [2.24, 2.45) is 5.73 Å². The Labute approximate surface area is 94.1 Å². The lowest BCUT2D eigenvalue weighted by Crippen LogP contribution is -2.64. The first-order valence-electron chi connectivity index (χ1n) is 5.57. The van der Waals surface area contributed by atoms with E-state index in [1.54, 1.807) is 0 Å². The zero-order chi connectivity index (χ0) is 11.9. The Balaban J connectivity index is 0.000000921. The Hall–Kier alpha value is -1.02. The summed E-state index contributed by atoms with van der Waals surface area (Å²) >= 11 is 0. The van der Waals surface area contributed by atoms with Crippen molar-refractivity contribution >= 4 is 0 Å². The fraction of sp³-hybridized carbons (Fsp3) is 0.538. The van der Waals surface area contributed by atoms with Gasteiger partial charge in [0.05, 0.1) is 0 Å². The van der Waals surface area contributed by atoms with Crippen LogP contribution in [0.15, 0.2) is 36.6 Å². The van der Waals surface area contributed by atoms with Crippen molar-refractivity contribution < 1.29 is 0 Å². The van der Waals surface area contributed by atoms with Gasteiger partial charge in [0.1, 0.15) is 0 Å². The zero-order valence-corrected chi connectivity index (χ0v) is 10.5. The smallest absolute Gasteiger partial charge is 0.0481 e. The fourth-order valence-corrected chi connectivity index (χ4v) is 1.41. The van der Waals surface area contributed by atoms with Gasteiger partial charge in [0.25, 0.3) is 0 Å². The molecule has 1 heterocycles. The Morgan fingerprint density at radius 2 is 1.87 bits per heavy atom. The standard InChI is InChI=1S/C11H18N2.C2H6/c1-4-5-6-7-10(2)13-8-11(3,12)9-13;1-2/h4-7H,2,8-9,12H2,1,3H3;1-2H3/b5-4-,7-6-;. The van der Waals surface area contributed by atoms with Crippen LogP contribution in [-0.4, -0.2) is 23.5 Å². The summed E-state index contributed by atoms with van der Waals surface area (Å²) in [5, 5.41) is 0. The van der Waals surface area contributed by atoms with E-state index in [-0.39, 0.29) is 5.54 Å². The molecule has 1 aliphatic heterocycles. The predicted octanol–water partition coefficient (Wildman–Crippen LogP) is 2.69. The molecule has 0 aromatic rings. The summed E-state index contributed by atoms with van der Waals surface area (Å²) in [5.41, 5.74) is 6.91. The molecule has 1 fully saturated rings. The molecule has 0 aromatic carbocycles. The molecule has 86 valence electrons. The lowest BCUT2D eigenvalue weighted by molar-refractivity contribution is 0.128. The molecule has 1 rings (SSSR count). The third-order valence-corrected chi connectivity index (χ3v) is 2.10. The molecule has 0 unspecified atom stereocenters. The van der Waals surface area contributed by atoms with E-state index in [9.17, 15) is 0 Å². The summed E-state index contributed by atoms with van der Waals surface area (Å²) < 4.78 is 0. The van der Waals surface area contributed by atoms with Crippen LogP contribution in [0.1, 0.15) is 27.7 Å². The minimum Gasteiger partial charge on any atom is -0.368 e. The van der Waals surface area contributed by atoms with E-state index < -0.39 is 0 Å². The van der Waals surface area contributed by atoms with Crippen LogP contribution in [-0.2, 0) is 0 Å². The highest BCUT2D eigenvalue weighted by Crippen LogP contribution is 2.21. The van der Waals surface area contributed by atoms with Crippen LogP contribution in [0, 0.1) is 0 Å². The van der Waals surface area contributed by atoms with Crippen LogP contribution >= 0.6 is 0 Å². The van der Waals surface area contributed by atoms with E-state index in [0.717, 1.165) is 18.8 Å². The highest BCUT2D eigenvalue weighted by molar-refractivity contribution is 5.21. The first-order chi connectivity index (χ1) is 7.05. The monoisotopic (exact) mass is 208 g/mol. The average Bonchev–Trinajstić information content (AvgIpc) is 2.17. The van der Waals surface area contributed by atoms with Gasteiger partial charge >= 0.3 is 0 Å². The van der Waals surface area contributed by atoms with Crippen LogP contribution in [0.5, 0.6) is 0 Å². The zero-order valence-electron chi connectivity index (χ0n) is 10.5. The molecule has 2 nitrogen and oxygen atoms in total. The lowest BCUT2D eigenvalue weighted by atomic mass is 9.93. The van der Waals surface area contributed by atoms with E-state index in [1.807, 2.05) is 45.1 Å². The van der Waals surface area contributed by atoms with Gasteiger partial charge in [-0.05, 0) is 19.9 Å². The second kappa shape index (κ2) is 6.46. The maximum Gasteiger partial charge on any atom is 0.0481 e.